The van der Waals surface area contributed by atoms with Crippen molar-refractivity contribution in [1.82, 2.24) is 10.2 Å². The topological polar surface area (TPSA) is 58.6 Å². The molecule has 1 unspecified atom stereocenters. The van der Waals surface area contributed by atoms with Crippen molar-refractivity contribution in [2.75, 3.05) is 13.2 Å². The molecule has 2 amide bonds. The first-order valence-corrected chi connectivity index (χ1v) is 11.5. The van der Waals surface area contributed by atoms with Gasteiger partial charge >= 0.3 is 0 Å². The van der Waals surface area contributed by atoms with Crippen molar-refractivity contribution < 1.29 is 14.3 Å². The number of rotatable bonds is 10. The number of likely N-dealkylation sites (N-methyl/N-ethyl adjacent to an activating group) is 1. The molecular weight excluding hydrogens is 459 g/mol. The van der Waals surface area contributed by atoms with E-state index in [0.717, 1.165) is 11.1 Å². The molecule has 0 aliphatic rings. The Morgan fingerprint density at radius 1 is 0.939 bits per heavy atom. The lowest BCUT2D eigenvalue weighted by Gasteiger charge is -2.31. The molecule has 0 spiro atoms. The van der Waals surface area contributed by atoms with E-state index < -0.39 is 6.04 Å². The molecule has 1 N–H and O–H groups in total. The first-order chi connectivity index (χ1) is 16.0. The Hall–Kier alpha value is -3.02. The molecule has 0 saturated heterocycles. The summed E-state index contributed by atoms with van der Waals surface area (Å²) in [4.78, 5) is 28.0. The molecule has 0 aliphatic heterocycles. The number of hydrogen-bond acceptors (Lipinski definition) is 3. The van der Waals surface area contributed by atoms with Crippen LogP contribution in [0.2, 0.25) is 10.0 Å². The van der Waals surface area contributed by atoms with Gasteiger partial charge in [0.2, 0.25) is 5.91 Å². The molecule has 0 saturated carbocycles. The lowest BCUT2D eigenvalue weighted by atomic mass is 10.0. The van der Waals surface area contributed by atoms with E-state index in [2.05, 4.69) is 5.32 Å². The molecule has 33 heavy (non-hydrogen) atoms. The Morgan fingerprint density at radius 3 is 2.18 bits per heavy atom. The van der Waals surface area contributed by atoms with Gasteiger partial charge in [-0.2, -0.15) is 0 Å². The average molecular weight is 485 g/mol. The molecule has 0 heterocycles. The predicted octanol–water partition coefficient (Wildman–Crippen LogP) is 5.15. The van der Waals surface area contributed by atoms with Gasteiger partial charge in [0, 0.05) is 24.5 Å². The maximum atomic E-state index is 13.4. The molecule has 0 radical (unpaired) electrons. The Bertz CT molecular complexity index is 1060. The summed E-state index contributed by atoms with van der Waals surface area (Å²) < 4.78 is 5.70. The summed E-state index contributed by atoms with van der Waals surface area (Å²) in [6.07, 6.45) is 0.382. The van der Waals surface area contributed by atoms with Crippen LogP contribution in [0.3, 0.4) is 0 Å². The SMILES string of the molecule is CCNC(=O)C(Cc1ccccc1)N(Cc1ccccc1)C(=O)COc1ccc(Cl)cc1Cl. The Labute approximate surface area is 204 Å². The molecule has 5 nitrogen and oxygen atoms in total. The number of nitrogens with one attached hydrogen (secondary N) is 1. The normalized spacial score (nSPS) is 11.5. The van der Waals surface area contributed by atoms with E-state index in [9.17, 15) is 9.59 Å². The first-order valence-electron chi connectivity index (χ1n) is 10.7. The zero-order valence-corrected chi connectivity index (χ0v) is 19.9. The zero-order chi connectivity index (χ0) is 23.6. The highest BCUT2D eigenvalue weighted by Crippen LogP contribution is 2.27. The van der Waals surface area contributed by atoms with Crippen LogP contribution in [0.15, 0.2) is 78.9 Å². The van der Waals surface area contributed by atoms with Gasteiger partial charge in [-0.25, -0.2) is 0 Å². The summed E-state index contributed by atoms with van der Waals surface area (Å²) in [7, 11) is 0. The fourth-order valence-corrected chi connectivity index (χ4v) is 3.90. The molecule has 0 bridgehead atoms. The number of benzene rings is 3. The maximum absolute atomic E-state index is 13.4. The summed E-state index contributed by atoms with van der Waals surface area (Å²) in [5, 5.41) is 3.66. The standard InChI is InChI=1S/C26H26Cl2N2O3/c1-2-29-26(32)23(15-19-9-5-3-6-10-19)30(17-20-11-7-4-8-12-20)25(31)18-33-24-14-13-21(27)16-22(24)28/h3-14,16,23H,2,15,17-18H2,1H3,(H,29,32). The van der Waals surface area contributed by atoms with Crippen molar-refractivity contribution in [2.24, 2.45) is 0 Å². The van der Waals surface area contributed by atoms with Gasteiger partial charge in [0.1, 0.15) is 11.8 Å². The largest absolute Gasteiger partial charge is 0.482 e. The van der Waals surface area contributed by atoms with Gasteiger partial charge in [-0.1, -0.05) is 83.9 Å². The van der Waals surface area contributed by atoms with E-state index in [4.69, 9.17) is 27.9 Å². The summed E-state index contributed by atoms with van der Waals surface area (Å²) >= 11 is 12.1. The van der Waals surface area contributed by atoms with Gasteiger partial charge in [0.05, 0.1) is 5.02 Å². The number of halogens is 2. The monoisotopic (exact) mass is 484 g/mol. The van der Waals surface area contributed by atoms with Gasteiger partial charge in [-0.3, -0.25) is 9.59 Å². The minimum atomic E-state index is -0.704. The minimum absolute atomic E-state index is 0.213. The van der Waals surface area contributed by atoms with Crippen LogP contribution in [0.1, 0.15) is 18.1 Å². The second kappa shape index (κ2) is 12.3. The minimum Gasteiger partial charge on any atom is -0.482 e. The highest BCUT2D eigenvalue weighted by Gasteiger charge is 2.30. The van der Waals surface area contributed by atoms with Crippen molar-refractivity contribution in [3.05, 3.63) is 100 Å². The van der Waals surface area contributed by atoms with Crippen molar-refractivity contribution >= 4 is 35.0 Å². The number of hydrogen-bond donors (Lipinski definition) is 1. The van der Waals surface area contributed by atoms with Crippen molar-refractivity contribution in [3.63, 3.8) is 0 Å². The van der Waals surface area contributed by atoms with Crippen LogP contribution in [0, 0.1) is 0 Å². The maximum Gasteiger partial charge on any atom is 0.261 e. The van der Waals surface area contributed by atoms with Crippen LogP contribution in [0.5, 0.6) is 5.75 Å². The number of amides is 2. The van der Waals surface area contributed by atoms with Crippen LogP contribution >= 0.6 is 23.2 Å². The number of ether oxygens (including phenoxy) is 1. The van der Waals surface area contributed by atoms with E-state index in [1.807, 2.05) is 67.6 Å². The van der Waals surface area contributed by atoms with Crippen LogP contribution in [0.25, 0.3) is 0 Å². The van der Waals surface area contributed by atoms with E-state index >= 15 is 0 Å². The molecule has 172 valence electrons. The molecule has 7 heteroatoms. The molecule has 0 aliphatic carbocycles. The van der Waals surface area contributed by atoms with Gasteiger partial charge in [0.25, 0.3) is 5.91 Å². The fourth-order valence-electron chi connectivity index (χ4n) is 3.44. The lowest BCUT2D eigenvalue weighted by molar-refractivity contribution is -0.142. The van der Waals surface area contributed by atoms with E-state index in [0.29, 0.717) is 28.8 Å². The van der Waals surface area contributed by atoms with E-state index in [-0.39, 0.29) is 25.0 Å². The molecule has 3 rings (SSSR count). The van der Waals surface area contributed by atoms with E-state index in [1.54, 1.807) is 23.1 Å². The highest BCUT2D eigenvalue weighted by atomic mass is 35.5. The predicted molar refractivity (Wildman–Crippen MR) is 132 cm³/mol. The Kier molecular flexibility index (Phi) is 9.16. The third kappa shape index (κ3) is 7.24. The van der Waals surface area contributed by atoms with E-state index in [1.165, 1.54) is 0 Å². The van der Waals surface area contributed by atoms with Gasteiger partial charge in [-0.15, -0.1) is 0 Å². The smallest absolute Gasteiger partial charge is 0.261 e. The summed E-state index contributed by atoms with van der Waals surface area (Å²) in [6.45, 7) is 2.33. The third-order valence-electron chi connectivity index (χ3n) is 5.06. The third-order valence-corrected chi connectivity index (χ3v) is 5.59. The summed E-state index contributed by atoms with van der Waals surface area (Å²) in [5.41, 5.74) is 1.87. The van der Waals surface area contributed by atoms with Crippen LogP contribution in [-0.2, 0) is 22.6 Å². The molecule has 0 aromatic heterocycles. The number of nitrogens with zero attached hydrogens (tertiary/aromatic N) is 1. The average Bonchev–Trinajstić information content (AvgIpc) is 2.82. The van der Waals surface area contributed by atoms with Crippen molar-refractivity contribution in [1.29, 1.82) is 0 Å². The lowest BCUT2D eigenvalue weighted by Crippen LogP contribution is -2.51. The quantitative estimate of drug-likeness (QED) is 0.432. The fraction of sp³-hybridized carbons (Fsp3) is 0.231. The highest BCUT2D eigenvalue weighted by molar-refractivity contribution is 6.35. The zero-order valence-electron chi connectivity index (χ0n) is 18.3. The van der Waals surface area contributed by atoms with Gasteiger partial charge in [-0.05, 0) is 36.2 Å². The molecular formula is C26H26Cl2N2O3. The number of carbonyl (C=O) groups excluding carboxylic acids is 2. The second-order valence-electron chi connectivity index (χ2n) is 7.47. The number of carbonyl (C=O) groups is 2. The molecule has 3 aromatic carbocycles. The van der Waals surface area contributed by atoms with Crippen molar-refractivity contribution in [3.8, 4) is 5.75 Å². The Morgan fingerprint density at radius 2 is 1.58 bits per heavy atom. The van der Waals surface area contributed by atoms with Crippen molar-refractivity contribution in [2.45, 2.75) is 25.9 Å². The van der Waals surface area contributed by atoms with Crippen LogP contribution < -0.4 is 10.1 Å². The second-order valence-corrected chi connectivity index (χ2v) is 8.31. The van der Waals surface area contributed by atoms with Gasteiger partial charge in [0.15, 0.2) is 6.61 Å². The van der Waals surface area contributed by atoms with Gasteiger partial charge < -0.3 is 15.0 Å². The first kappa shape index (κ1) is 24.6. The molecule has 1 atom stereocenters. The van der Waals surface area contributed by atoms with Crippen LogP contribution in [0.4, 0.5) is 0 Å². The summed E-state index contributed by atoms with van der Waals surface area (Å²) in [6, 6.07) is 23.3. The molecule has 3 aromatic rings. The Balaban J connectivity index is 1.87. The molecule has 0 fully saturated rings. The van der Waals surface area contributed by atoms with Crippen LogP contribution in [-0.4, -0.2) is 35.9 Å². The summed E-state index contributed by atoms with van der Waals surface area (Å²) in [5.74, 6) is -0.182.